The molecule has 12 heavy (non-hydrogen) atoms. The summed E-state index contributed by atoms with van der Waals surface area (Å²) in [7, 11) is 0. The third kappa shape index (κ3) is 1.63. The second kappa shape index (κ2) is 3.47. The molecule has 0 bridgehead atoms. The van der Waals surface area contributed by atoms with Crippen molar-refractivity contribution in [2.24, 2.45) is 0 Å². The van der Waals surface area contributed by atoms with E-state index in [9.17, 15) is 0 Å². The van der Waals surface area contributed by atoms with E-state index >= 15 is 0 Å². The van der Waals surface area contributed by atoms with Crippen molar-refractivity contribution in [3.05, 3.63) is 23.3 Å². The van der Waals surface area contributed by atoms with Crippen LogP contribution in [0.1, 0.15) is 51.4 Å². The van der Waals surface area contributed by atoms with Crippen molar-refractivity contribution >= 4 is 0 Å². The Labute approximate surface area is 75.4 Å². The molecule has 0 aromatic heterocycles. The summed E-state index contributed by atoms with van der Waals surface area (Å²) in [4.78, 5) is 0. The van der Waals surface area contributed by atoms with Gasteiger partial charge >= 0.3 is 0 Å². The Morgan fingerprint density at radius 1 is 0.667 bits per heavy atom. The monoisotopic (exact) mass is 162 g/mol. The molecule has 0 amide bonds. The van der Waals surface area contributed by atoms with Gasteiger partial charge in [-0.05, 0) is 51.4 Å². The highest BCUT2D eigenvalue weighted by molar-refractivity contribution is 5.22. The summed E-state index contributed by atoms with van der Waals surface area (Å²) < 4.78 is 0. The lowest BCUT2D eigenvalue weighted by atomic mass is 9.88. The van der Waals surface area contributed by atoms with Crippen LogP contribution in [0.25, 0.3) is 0 Å². The van der Waals surface area contributed by atoms with Crippen LogP contribution in [-0.4, -0.2) is 0 Å². The standard InChI is InChI=1S/C12H18/c1-10-6-8-12(9-7-10)11-4-2-3-5-11/h1-9H2. The van der Waals surface area contributed by atoms with E-state index in [1.54, 1.807) is 5.57 Å². The molecule has 0 spiro atoms. The highest BCUT2D eigenvalue weighted by atomic mass is 14.2. The molecule has 2 aliphatic rings. The second-order valence-corrected chi connectivity index (χ2v) is 4.16. The molecule has 66 valence electrons. The van der Waals surface area contributed by atoms with Gasteiger partial charge < -0.3 is 0 Å². The third-order valence-corrected chi connectivity index (χ3v) is 3.27. The van der Waals surface area contributed by atoms with Crippen molar-refractivity contribution < 1.29 is 0 Å². The van der Waals surface area contributed by atoms with Gasteiger partial charge in [-0.1, -0.05) is 23.3 Å². The quantitative estimate of drug-likeness (QED) is 0.472. The Kier molecular flexibility index (Phi) is 2.34. The van der Waals surface area contributed by atoms with Crippen molar-refractivity contribution in [3.8, 4) is 0 Å². The lowest BCUT2D eigenvalue weighted by molar-refractivity contribution is 0.713. The molecule has 0 aromatic rings. The van der Waals surface area contributed by atoms with E-state index in [2.05, 4.69) is 6.58 Å². The summed E-state index contributed by atoms with van der Waals surface area (Å²) >= 11 is 0. The minimum Gasteiger partial charge on any atom is -0.0998 e. The third-order valence-electron chi connectivity index (χ3n) is 3.27. The van der Waals surface area contributed by atoms with E-state index in [-0.39, 0.29) is 0 Å². The summed E-state index contributed by atoms with van der Waals surface area (Å²) in [6.07, 6.45) is 10.9. The number of rotatable bonds is 0. The van der Waals surface area contributed by atoms with Crippen LogP contribution in [0.3, 0.4) is 0 Å². The van der Waals surface area contributed by atoms with E-state index in [4.69, 9.17) is 0 Å². The van der Waals surface area contributed by atoms with Gasteiger partial charge in [0.1, 0.15) is 0 Å². The van der Waals surface area contributed by atoms with E-state index in [0.717, 1.165) is 0 Å². The van der Waals surface area contributed by atoms with E-state index in [1.807, 2.05) is 5.57 Å². The van der Waals surface area contributed by atoms with Crippen molar-refractivity contribution in [2.45, 2.75) is 51.4 Å². The van der Waals surface area contributed by atoms with Crippen LogP contribution in [0.2, 0.25) is 0 Å². The number of hydrogen-bond donors (Lipinski definition) is 0. The summed E-state index contributed by atoms with van der Waals surface area (Å²) in [6, 6.07) is 0. The number of allylic oxidation sites excluding steroid dienone is 3. The molecule has 0 nitrogen and oxygen atoms in total. The summed E-state index contributed by atoms with van der Waals surface area (Å²) in [5.41, 5.74) is 5.07. The molecule has 2 fully saturated rings. The topological polar surface area (TPSA) is 0 Å². The zero-order valence-electron chi connectivity index (χ0n) is 7.86. The summed E-state index contributed by atoms with van der Waals surface area (Å²) in [6.45, 7) is 4.05. The molecule has 2 saturated carbocycles. The first kappa shape index (κ1) is 8.10. The van der Waals surface area contributed by atoms with Gasteiger partial charge in [-0.2, -0.15) is 0 Å². The lowest BCUT2D eigenvalue weighted by Crippen LogP contribution is -1.98. The first-order chi connectivity index (χ1) is 5.86. The predicted octanol–water partition coefficient (Wildman–Crippen LogP) is 3.99. The maximum absolute atomic E-state index is 4.05. The molecule has 0 heterocycles. The molecule has 2 aliphatic carbocycles. The zero-order chi connectivity index (χ0) is 8.39. The second-order valence-electron chi connectivity index (χ2n) is 4.16. The minimum atomic E-state index is 1.26. The van der Waals surface area contributed by atoms with Crippen LogP contribution < -0.4 is 0 Å². The van der Waals surface area contributed by atoms with Crippen molar-refractivity contribution in [1.82, 2.24) is 0 Å². The first-order valence-electron chi connectivity index (χ1n) is 5.22. The largest absolute Gasteiger partial charge is 0.0998 e. The minimum absolute atomic E-state index is 1.26. The zero-order valence-corrected chi connectivity index (χ0v) is 7.86. The molecule has 0 N–H and O–H groups in total. The van der Waals surface area contributed by atoms with Gasteiger partial charge in [-0.15, -0.1) is 0 Å². The van der Waals surface area contributed by atoms with Gasteiger partial charge in [0.05, 0.1) is 0 Å². The molecule has 0 aliphatic heterocycles. The predicted molar refractivity (Wildman–Crippen MR) is 53.1 cm³/mol. The number of hydrogen-bond acceptors (Lipinski definition) is 0. The van der Waals surface area contributed by atoms with E-state index < -0.39 is 0 Å². The van der Waals surface area contributed by atoms with Crippen LogP contribution >= 0.6 is 0 Å². The highest BCUT2D eigenvalue weighted by Gasteiger charge is 2.15. The Morgan fingerprint density at radius 3 is 1.75 bits per heavy atom. The van der Waals surface area contributed by atoms with Crippen LogP contribution in [-0.2, 0) is 0 Å². The Hall–Kier alpha value is -0.520. The Balaban J connectivity index is 2.04. The van der Waals surface area contributed by atoms with Crippen molar-refractivity contribution in [2.75, 3.05) is 0 Å². The normalized spacial score (nSPS) is 25.2. The Bertz CT molecular complexity index is 200. The molecule has 2 rings (SSSR count). The van der Waals surface area contributed by atoms with Crippen LogP contribution in [0, 0.1) is 0 Å². The molecule has 0 heteroatoms. The molecule has 0 unspecified atom stereocenters. The molecule has 0 aromatic carbocycles. The van der Waals surface area contributed by atoms with Crippen molar-refractivity contribution in [3.63, 3.8) is 0 Å². The van der Waals surface area contributed by atoms with Gasteiger partial charge in [0, 0.05) is 0 Å². The van der Waals surface area contributed by atoms with Crippen LogP contribution in [0.15, 0.2) is 23.3 Å². The highest BCUT2D eigenvalue weighted by Crippen LogP contribution is 2.35. The van der Waals surface area contributed by atoms with Gasteiger partial charge in [-0.3, -0.25) is 0 Å². The Morgan fingerprint density at radius 2 is 1.17 bits per heavy atom. The molecule has 0 atom stereocenters. The maximum Gasteiger partial charge on any atom is -0.0280 e. The van der Waals surface area contributed by atoms with Crippen LogP contribution in [0.5, 0.6) is 0 Å². The summed E-state index contributed by atoms with van der Waals surface area (Å²) in [5.74, 6) is 0. The average Bonchev–Trinajstić information content (AvgIpc) is 2.58. The van der Waals surface area contributed by atoms with Crippen LogP contribution in [0.4, 0.5) is 0 Å². The SMILES string of the molecule is C=C1CCC(=C2CCCC2)CC1. The fraction of sp³-hybridized carbons (Fsp3) is 0.667. The van der Waals surface area contributed by atoms with Gasteiger partial charge in [0.15, 0.2) is 0 Å². The average molecular weight is 162 g/mol. The van der Waals surface area contributed by atoms with Gasteiger partial charge in [0.25, 0.3) is 0 Å². The van der Waals surface area contributed by atoms with Crippen molar-refractivity contribution in [1.29, 1.82) is 0 Å². The molecular formula is C12H18. The fourth-order valence-electron chi connectivity index (χ4n) is 2.41. The summed E-state index contributed by atoms with van der Waals surface area (Å²) in [5, 5.41) is 0. The fourth-order valence-corrected chi connectivity index (χ4v) is 2.41. The first-order valence-corrected chi connectivity index (χ1v) is 5.22. The maximum atomic E-state index is 4.05. The smallest absolute Gasteiger partial charge is 0.0280 e. The van der Waals surface area contributed by atoms with E-state index in [1.165, 1.54) is 56.9 Å². The molecular weight excluding hydrogens is 144 g/mol. The van der Waals surface area contributed by atoms with E-state index in [0.29, 0.717) is 0 Å². The molecule has 0 saturated heterocycles. The lowest BCUT2D eigenvalue weighted by Gasteiger charge is -2.18. The molecule has 0 radical (unpaired) electrons. The van der Waals surface area contributed by atoms with Gasteiger partial charge in [0.2, 0.25) is 0 Å². The van der Waals surface area contributed by atoms with Gasteiger partial charge in [-0.25, -0.2) is 0 Å².